The lowest BCUT2D eigenvalue weighted by Crippen LogP contribution is -2.12. The first-order valence-corrected chi connectivity index (χ1v) is 17.7. The number of hydrogen-bond acceptors (Lipinski definition) is 6. The van der Waals surface area contributed by atoms with Gasteiger partial charge in [0.2, 0.25) is 0 Å². The van der Waals surface area contributed by atoms with Crippen molar-refractivity contribution in [2.75, 3.05) is 11.5 Å². The number of rotatable bonds is 21. The number of nitrogens with zero attached hydrogens (tertiary/aromatic N) is 2. The largest absolute Gasteiger partial charge is 0.318 e. The van der Waals surface area contributed by atoms with Gasteiger partial charge in [0.25, 0.3) is 20.2 Å². The number of aromatic nitrogens is 2. The summed E-state index contributed by atoms with van der Waals surface area (Å²) in [5.41, 5.74) is 0.902. The van der Waals surface area contributed by atoms with E-state index in [1.54, 1.807) is 4.57 Å². The molecule has 1 aromatic carbocycles. The van der Waals surface area contributed by atoms with Crippen molar-refractivity contribution < 1.29 is 25.9 Å². The van der Waals surface area contributed by atoms with E-state index < -0.39 is 26.0 Å². The molecule has 0 saturated heterocycles. The molecule has 0 spiro atoms. The second-order valence-corrected chi connectivity index (χ2v) is 13.8. The molecule has 1 heterocycles. The van der Waals surface area contributed by atoms with Crippen molar-refractivity contribution in [2.45, 2.75) is 120 Å². The summed E-state index contributed by atoms with van der Waals surface area (Å²) in [5, 5.41) is 0.566. The average Bonchev–Trinajstić information content (AvgIpc) is 3.18. The second-order valence-electron chi connectivity index (χ2n) is 9.76. The molecule has 0 amide bonds. The molecule has 0 saturated carbocycles. The third kappa shape index (κ3) is 13.0. The summed E-state index contributed by atoms with van der Waals surface area (Å²) in [4.78, 5) is 4.20. The first-order valence-electron chi connectivity index (χ1n) is 13.7. The van der Waals surface area contributed by atoms with Crippen LogP contribution in [0.1, 0.15) is 103 Å². The molecule has 0 atom stereocenters. The molecule has 0 aliphatic heterocycles. The van der Waals surface area contributed by atoms with Crippen molar-refractivity contribution in [2.24, 2.45) is 0 Å². The van der Waals surface area contributed by atoms with Crippen molar-refractivity contribution in [1.29, 1.82) is 0 Å². The molecule has 0 aliphatic carbocycles. The van der Waals surface area contributed by atoms with Gasteiger partial charge < -0.3 is 4.57 Å². The molecule has 0 aliphatic rings. The Morgan fingerprint density at radius 2 is 1.30 bits per heavy atom. The van der Waals surface area contributed by atoms with Crippen molar-refractivity contribution in [3.05, 3.63) is 18.2 Å². The Morgan fingerprint density at radius 1 is 0.784 bits per heavy atom. The highest BCUT2D eigenvalue weighted by Gasteiger charge is 2.17. The number of fused-ring (bicyclic) bond motifs is 1. The van der Waals surface area contributed by atoms with Crippen molar-refractivity contribution in [1.82, 2.24) is 9.55 Å². The van der Waals surface area contributed by atoms with Crippen LogP contribution in [-0.2, 0) is 26.8 Å². The van der Waals surface area contributed by atoms with Crippen LogP contribution in [0.3, 0.4) is 0 Å². The third-order valence-corrected chi connectivity index (χ3v) is 9.15. The van der Waals surface area contributed by atoms with Crippen LogP contribution in [0.5, 0.6) is 0 Å². The van der Waals surface area contributed by atoms with Crippen LogP contribution in [0, 0.1) is 0 Å². The zero-order valence-corrected chi connectivity index (χ0v) is 24.6. The molecule has 11 heteroatoms. The van der Waals surface area contributed by atoms with E-state index in [1.165, 1.54) is 113 Å². The number of aryl methyl sites for hydroxylation is 1. The summed E-state index contributed by atoms with van der Waals surface area (Å²) in [5.74, 6) is 0.337. The highest BCUT2D eigenvalue weighted by atomic mass is 32.2. The highest BCUT2D eigenvalue weighted by molar-refractivity contribution is 7.99. The van der Waals surface area contributed by atoms with Gasteiger partial charge in [0.05, 0.1) is 21.7 Å². The summed E-state index contributed by atoms with van der Waals surface area (Å²) in [6.07, 6.45) is 19.4. The number of hydrogen-bond donors (Lipinski definition) is 2. The lowest BCUT2D eigenvalue weighted by molar-refractivity contribution is 0.477. The maximum Gasteiger partial charge on any atom is 0.294 e. The summed E-state index contributed by atoms with van der Waals surface area (Å²) in [6.45, 7) is 2.26. The summed E-state index contributed by atoms with van der Waals surface area (Å²) in [7, 11) is -8.53. The molecule has 2 aromatic rings. The van der Waals surface area contributed by atoms with E-state index in [2.05, 4.69) is 11.9 Å². The van der Waals surface area contributed by atoms with E-state index in [1.807, 2.05) is 0 Å². The summed E-state index contributed by atoms with van der Waals surface area (Å²) >= 11 is 1.49. The normalized spacial score (nSPS) is 12.5. The maximum absolute atomic E-state index is 11.5. The topological polar surface area (TPSA) is 127 Å². The number of benzene rings is 1. The first-order chi connectivity index (χ1) is 17.6. The first kappa shape index (κ1) is 32.1. The van der Waals surface area contributed by atoms with Gasteiger partial charge in [-0.2, -0.15) is 16.8 Å². The van der Waals surface area contributed by atoms with Crippen LogP contribution in [0.2, 0.25) is 0 Å². The predicted octanol–water partition coefficient (Wildman–Crippen LogP) is 7.13. The van der Waals surface area contributed by atoms with Gasteiger partial charge in [-0.1, -0.05) is 109 Å². The van der Waals surface area contributed by atoms with E-state index in [0.29, 0.717) is 16.2 Å². The van der Waals surface area contributed by atoms with Crippen LogP contribution in [0.15, 0.2) is 28.3 Å². The van der Waals surface area contributed by atoms with Crippen LogP contribution >= 0.6 is 11.8 Å². The number of thioether (sulfide) groups is 1. The quantitative estimate of drug-likeness (QED) is 0.0912. The van der Waals surface area contributed by atoms with Gasteiger partial charge in [-0.05, 0) is 24.6 Å². The molecule has 8 nitrogen and oxygen atoms in total. The van der Waals surface area contributed by atoms with Gasteiger partial charge in [0.1, 0.15) is 0 Å². The minimum Gasteiger partial charge on any atom is -0.318 e. The lowest BCUT2D eigenvalue weighted by Gasteiger charge is -2.08. The van der Waals surface area contributed by atoms with Crippen LogP contribution < -0.4 is 0 Å². The fraction of sp³-hybridized carbons (Fsp3) is 0.731. The van der Waals surface area contributed by atoms with Crippen LogP contribution in [0.4, 0.5) is 0 Å². The fourth-order valence-corrected chi connectivity index (χ4v) is 6.37. The molecule has 2 N–H and O–H groups in total. The van der Waals surface area contributed by atoms with Crippen molar-refractivity contribution in [3.63, 3.8) is 0 Å². The minimum absolute atomic E-state index is 0.00173. The molecule has 0 fully saturated rings. The molecule has 0 bridgehead atoms. The van der Waals surface area contributed by atoms with Crippen LogP contribution in [-0.4, -0.2) is 47.0 Å². The number of unbranched alkanes of at least 4 members (excludes halogenated alkanes) is 14. The predicted molar refractivity (Wildman–Crippen MR) is 152 cm³/mol. The number of imidazole rings is 1. The Balaban J connectivity index is 1.69. The lowest BCUT2D eigenvalue weighted by atomic mass is 10.0. The summed E-state index contributed by atoms with van der Waals surface area (Å²) in [6, 6.07) is 4.02. The molecule has 0 radical (unpaired) electrons. The van der Waals surface area contributed by atoms with Crippen molar-refractivity contribution in [3.8, 4) is 0 Å². The fourth-order valence-electron chi connectivity index (χ4n) is 4.42. The third-order valence-electron chi connectivity index (χ3n) is 6.53. The monoisotopic (exact) mass is 576 g/mol. The van der Waals surface area contributed by atoms with Gasteiger partial charge in [0, 0.05) is 12.3 Å². The Kier molecular flexibility index (Phi) is 14.5. The Morgan fingerprint density at radius 3 is 1.78 bits per heavy atom. The maximum atomic E-state index is 11.5. The molecule has 2 rings (SSSR count). The smallest absolute Gasteiger partial charge is 0.294 e. The average molecular weight is 577 g/mol. The van der Waals surface area contributed by atoms with Crippen LogP contribution in [0.25, 0.3) is 11.0 Å². The minimum atomic E-state index is -4.37. The molecule has 0 unspecified atom stereocenters. The SMILES string of the molecule is CCCCCCCCCCCCCCCCCSc1nc2cc(S(=O)(=O)O)ccc2n1CCS(=O)(=O)O. The van der Waals surface area contributed by atoms with Gasteiger partial charge in [-0.25, -0.2) is 4.98 Å². The zero-order valence-electron chi connectivity index (χ0n) is 22.1. The molecular formula is C26H44N2O6S3. The molecule has 212 valence electrons. The van der Waals surface area contributed by atoms with E-state index in [4.69, 9.17) is 0 Å². The Bertz CT molecular complexity index is 1150. The molecular weight excluding hydrogens is 532 g/mol. The standard InChI is InChI=1S/C26H44N2O6S3/c1-2-3-4-5-6-7-8-9-10-11-12-13-14-15-16-20-35-26-27-24-22-23(37(32,33)34)17-18-25(24)28(26)19-21-36(29,30)31/h17-18,22H,2-16,19-21H2,1H3,(H,29,30,31)(H,32,33,34). The van der Waals surface area contributed by atoms with Gasteiger partial charge in [-0.3, -0.25) is 9.11 Å². The van der Waals surface area contributed by atoms with E-state index in [0.717, 1.165) is 18.6 Å². The molecule has 37 heavy (non-hydrogen) atoms. The zero-order chi connectivity index (χ0) is 27.2. The highest BCUT2D eigenvalue weighted by Crippen LogP contribution is 2.27. The van der Waals surface area contributed by atoms with E-state index in [-0.39, 0.29) is 11.4 Å². The van der Waals surface area contributed by atoms with E-state index >= 15 is 0 Å². The Labute approximate surface area is 227 Å². The van der Waals surface area contributed by atoms with Gasteiger partial charge in [-0.15, -0.1) is 0 Å². The van der Waals surface area contributed by atoms with Crippen molar-refractivity contribution >= 4 is 43.0 Å². The van der Waals surface area contributed by atoms with Gasteiger partial charge >= 0.3 is 0 Å². The Hall–Kier alpha value is -1.14. The molecule has 1 aromatic heterocycles. The second kappa shape index (κ2) is 16.7. The summed E-state index contributed by atoms with van der Waals surface area (Å²) < 4.78 is 65.7. The van der Waals surface area contributed by atoms with E-state index in [9.17, 15) is 25.9 Å². The van der Waals surface area contributed by atoms with Gasteiger partial charge in [0.15, 0.2) is 5.16 Å².